The van der Waals surface area contributed by atoms with Crippen LogP contribution >= 0.6 is 9.39 Å². The lowest BCUT2D eigenvalue weighted by molar-refractivity contribution is -0.139. The third-order valence-corrected chi connectivity index (χ3v) is 3.83. The molecule has 102 valence electrons. The summed E-state index contributed by atoms with van der Waals surface area (Å²) in [5, 5.41) is 5.76. The molecule has 2 fully saturated rings. The minimum atomic E-state index is -0.414. The molecule has 0 aliphatic carbocycles. The quantitative estimate of drug-likeness (QED) is 0.460. The number of piperidine rings is 1. The van der Waals surface area contributed by atoms with Crippen LogP contribution in [0, 0.1) is 0 Å². The maximum atomic E-state index is 11.9. The van der Waals surface area contributed by atoms with Crippen LogP contribution in [0.15, 0.2) is 0 Å². The first-order valence-electron chi connectivity index (χ1n) is 6.06. The lowest BCUT2D eigenvalue weighted by Crippen LogP contribution is -2.50. The zero-order chi connectivity index (χ0) is 13.1. The van der Waals surface area contributed by atoms with Gasteiger partial charge in [0.15, 0.2) is 0 Å². The molecule has 4 atom stereocenters. The van der Waals surface area contributed by atoms with Gasteiger partial charge in [-0.05, 0) is 19.8 Å². The summed E-state index contributed by atoms with van der Waals surface area (Å²) < 4.78 is 0. The van der Waals surface area contributed by atoms with E-state index in [4.69, 9.17) is 4.84 Å². The van der Waals surface area contributed by atoms with Crippen molar-refractivity contribution in [1.82, 2.24) is 20.8 Å². The van der Waals surface area contributed by atoms with E-state index in [0.29, 0.717) is 19.6 Å². The lowest BCUT2D eigenvalue weighted by atomic mass is 10.0. The largest absolute Gasteiger partial charge is 0.333 e. The second-order valence-corrected chi connectivity index (χ2v) is 5.07. The number of urea groups is 1. The van der Waals surface area contributed by atoms with Crippen molar-refractivity contribution in [2.75, 3.05) is 13.2 Å². The molecule has 2 aliphatic rings. The van der Waals surface area contributed by atoms with Gasteiger partial charge in [0, 0.05) is 18.6 Å². The molecule has 8 heteroatoms. The smallest absolute Gasteiger partial charge is 0.318 e. The van der Waals surface area contributed by atoms with E-state index in [1.54, 1.807) is 4.90 Å². The fraction of sp³-hybridized carbons (Fsp3) is 0.800. The number of carbonyl (C=O) groups is 2. The molecule has 2 saturated heterocycles. The SMILES string of the molecule is C[C@@H](CONC(=O)[C@@H]1CCC2CN1C(=O)N2)NP. The molecule has 0 aromatic heterocycles. The molecule has 3 N–H and O–H groups in total. The molecule has 0 aromatic rings. The Balaban J connectivity index is 1.80. The summed E-state index contributed by atoms with van der Waals surface area (Å²) in [4.78, 5) is 30.2. The van der Waals surface area contributed by atoms with Crippen LogP contribution in [0.3, 0.4) is 0 Å². The molecule has 7 nitrogen and oxygen atoms in total. The van der Waals surface area contributed by atoms with Gasteiger partial charge in [-0.25, -0.2) is 10.3 Å². The summed E-state index contributed by atoms with van der Waals surface area (Å²) in [6, 6.07) is -0.245. The van der Waals surface area contributed by atoms with E-state index >= 15 is 0 Å². The number of nitrogens with zero attached hydrogens (tertiary/aromatic N) is 1. The average Bonchev–Trinajstić information content (AvgIpc) is 2.64. The Bertz CT molecular complexity index is 341. The maximum absolute atomic E-state index is 11.9. The first-order valence-corrected chi connectivity index (χ1v) is 6.64. The van der Waals surface area contributed by atoms with Crippen molar-refractivity contribution in [3.05, 3.63) is 0 Å². The Morgan fingerprint density at radius 3 is 3.17 bits per heavy atom. The van der Waals surface area contributed by atoms with Crippen LogP contribution in [0.4, 0.5) is 4.79 Å². The predicted octanol–water partition coefficient (Wildman–Crippen LogP) is -0.641. The summed E-state index contributed by atoms with van der Waals surface area (Å²) in [5.74, 6) is -0.249. The van der Waals surface area contributed by atoms with Gasteiger partial charge < -0.3 is 10.2 Å². The number of hydroxylamine groups is 1. The topological polar surface area (TPSA) is 82.7 Å². The second kappa shape index (κ2) is 5.82. The first-order chi connectivity index (χ1) is 8.61. The summed E-state index contributed by atoms with van der Waals surface area (Å²) in [6.45, 7) is 2.91. The molecule has 3 amide bonds. The number of rotatable bonds is 5. The van der Waals surface area contributed by atoms with Gasteiger partial charge in [-0.15, -0.1) is 0 Å². The molecular weight excluding hydrogens is 255 g/mol. The van der Waals surface area contributed by atoms with Crippen molar-refractivity contribution >= 4 is 21.3 Å². The highest BCUT2D eigenvalue weighted by molar-refractivity contribution is 7.13. The van der Waals surface area contributed by atoms with E-state index in [1.807, 2.05) is 6.92 Å². The van der Waals surface area contributed by atoms with Gasteiger partial charge in [0.25, 0.3) is 5.91 Å². The van der Waals surface area contributed by atoms with E-state index in [0.717, 1.165) is 6.42 Å². The Morgan fingerprint density at radius 2 is 2.44 bits per heavy atom. The van der Waals surface area contributed by atoms with Crippen molar-refractivity contribution in [1.29, 1.82) is 0 Å². The Hall–Kier alpha value is -0.910. The van der Waals surface area contributed by atoms with E-state index < -0.39 is 6.04 Å². The van der Waals surface area contributed by atoms with Crippen molar-refractivity contribution < 1.29 is 14.4 Å². The maximum Gasteiger partial charge on any atom is 0.318 e. The Labute approximate surface area is 108 Å². The highest BCUT2D eigenvalue weighted by Gasteiger charge is 2.41. The fourth-order valence-electron chi connectivity index (χ4n) is 2.20. The van der Waals surface area contributed by atoms with Gasteiger partial charge in [0.05, 0.1) is 6.61 Å². The first kappa shape index (κ1) is 13.5. The van der Waals surface area contributed by atoms with Gasteiger partial charge in [0.1, 0.15) is 6.04 Å². The minimum absolute atomic E-state index is 0.126. The number of hydrogen-bond acceptors (Lipinski definition) is 4. The molecular formula is C10H19N4O3P. The van der Waals surface area contributed by atoms with Crippen LogP contribution in [0.25, 0.3) is 0 Å². The lowest BCUT2D eigenvalue weighted by Gasteiger charge is -2.29. The van der Waals surface area contributed by atoms with Crippen LogP contribution < -0.4 is 15.9 Å². The minimum Gasteiger partial charge on any atom is -0.333 e. The zero-order valence-corrected chi connectivity index (χ0v) is 11.5. The highest BCUT2D eigenvalue weighted by atomic mass is 31.0. The average molecular weight is 274 g/mol. The third-order valence-electron chi connectivity index (χ3n) is 3.26. The summed E-state index contributed by atoms with van der Waals surface area (Å²) >= 11 is 0. The van der Waals surface area contributed by atoms with E-state index in [9.17, 15) is 9.59 Å². The van der Waals surface area contributed by atoms with E-state index in [1.165, 1.54) is 0 Å². The molecule has 2 heterocycles. The Morgan fingerprint density at radius 1 is 1.67 bits per heavy atom. The van der Waals surface area contributed by atoms with Crippen molar-refractivity contribution in [3.63, 3.8) is 0 Å². The summed E-state index contributed by atoms with van der Waals surface area (Å²) in [5.41, 5.74) is 2.41. The summed E-state index contributed by atoms with van der Waals surface area (Å²) in [7, 11) is 2.39. The molecule has 18 heavy (non-hydrogen) atoms. The van der Waals surface area contributed by atoms with Gasteiger partial charge >= 0.3 is 6.03 Å². The molecule has 2 aliphatic heterocycles. The van der Waals surface area contributed by atoms with Crippen LogP contribution in [0.5, 0.6) is 0 Å². The number of hydrogen-bond donors (Lipinski definition) is 3. The highest BCUT2D eigenvalue weighted by Crippen LogP contribution is 2.22. The molecule has 2 unspecified atom stereocenters. The molecule has 0 spiro atoms. The predicted molar refractivity (Wildman–Crippen MR) is 68.5 cm³/mol. The third kappa shape index (κ3) is 2.91. The monoisotopic (exact) mass is 274 g/mol. The van der Waals surface area contributed by atoms with Crippen molar-refractivity contribution in [3.8, 4) is 0 Å². The molecule has 0 aromatic carbocycles. The molecule has 0 saturated carbocycles. The summed E-state index contributed by atoms with van der Waals surface area (Å²) in [6.07, 6.45) is 1.51. The number of nitrogens with one attached hydrogen (secondary N) is 3. The second-order valence-electron chi connectivity index (χ2n) is 4.74. The molecule has 2 rings (SSSR count). The number of carbonyl (C=O) groups excluding carboxylic acids is 2. The van der Waals surface area contributed by atoms with E-state index in [-0.39, 0.29) is 24.0 Å². The van der Waals surface area contributed by atoms with Gasteiger partial charge in [-0.1, -0.05) is 9.39 Å². The molecule has 2 bridgehead atoms. The number of fused-ring (bicyclic) bond motifs is 2. The Kier molecular flexibility index (Phi) is 4.37. The van der Waals surface area contributed by atoms with Crippen molar-refractivity contribution in [2.45, 2.75) is 37.9 Å². The van der Waals surface area contributed by atoms with Crippen LogP contribution in [0.2, 0.25) is 0 Å². The fourth-order valence-corrected chi connectivity index (χ4v) is 2.29. The van der Waals surface area contributed by atoms with E-state index in [2.05, 4.69) is 25.3 Å². The van der Waals surface area contributed by atoms with Gasteiger partial charge in [-0.2, -0.15) is 0 Å². The molecule has 0 radical (unpaired) electrons. The van der Waals surface area contributed by atoms with Crippen LogP contribution in [-0.2, 0) is 9.63 Å². The normalized spacial score (nSPS) is 27.9. The van der Waals surface area contributed by atoms with Crippen LogP contribution in [0.1, 0.15) is 19.8 Å². The van der Waals surface area contributed by atoms with Crippen molar-refractivity contribution in [2.24, 2.45) is 0 Å². The standard InChI is InChI=1S/C10H19N4O3P/c1-6(13-18)5-17-12-9(15)8-3-2-7-4-14(8)10(16)11-7/h6-8,13H,2-5,18H2,1H3,(H,11,16)(H,12,15)/t6-,7?,8-/m0/s1. The zero-order valence-electron chi connectivity index (χ0n) is 10.3. The number of amides is 3. The van der Waals surface area contributed by atoms with Gasteiger partial charge in [-0.3, -0.25) is 14.7 Å². The van der Waals surface area contributed by atoms with Crippen LogP contribution in [-0.4, -0.2) is 48.1 Å². The van der Waals surface area contributed by atoms with Gasteiger partial charge in [0.2, 0.25) is 0 Å².